The second-order valence-electron chi connectivity index (χ2n) is 7.12. The van der Waals surface area contributed by atoms with Crippen LogP contribution in [0.15, 0.2) is 0 Å². The highest BCUT2D eigenvalue weighted by Gasteiger charge is 2.64. The molecule has 5 atom stereocenters. The molecule has 6 nitrogen and oxygen atoms in total. The molecule has 6 heteroatoms. The quantitative estimate of drug-likeness (QED) is 0.565. The van der Waals surface area contributed by atoms with E-state index in [-0.39, 0.29) is 35.3 Å². The van der Waals surface area contributed by atoms with Gasteiger partial charge in [-0.3, -0.25) is 9.59 Å². The number of methoxy groups -OCH3 is 2. The van der Waals surface area contributed by atoms with E-state index in [2.05, 4.69) is 13.8 Å². The van der Waals surface area contributed by atoms with Gasteiger partial charge in [-0.15, -0.1) is 0 Å². The summed E-state index contributed by atoms with van der Waals surface area (Å²) in [7, 11) is 2.70. The summed E-state index contributed by atoms with van der Waals surface area (Å²) in [6, 6.07) is 0. The molecule has 0 spiro atoms. The first kappa shape index (κ1) is 15.7. The molecule has 22 heavy (non-hydrogen) atoms. The van der Waals surface area contributed by atoms with Crippen molar-refractivity contribution in [1.29, 1.82) is 0 Å². The van der Waals surface area contributed by atoms with Crippen LogP contribution in [0.1, 0.15) is 39.5 Å². The Morgan fingerprint density at radius 1 is 1.09 bits per heavy atom. The Balaban J connectivity index is 1.65. The molecule has 0 aromatic carbocycles. The van der Waals surface area contributed by atoms with E-state index in [1.54, 1.807) is 0 Å². The lowest BCUT2D eigenvalue weighted by Crippen LogP contribution is -2.41. The Bertz CT molecular complexity index is 487. The van der Waals surface area contributed by atoms with Crippen LogP contribution in [0, 0.1) is 11.8 Å². The zero-order valence-corrected chi connectivity index (χ0v) is 13.6. The van der Waals surface area contributed by atoms with Crippen LogP contribution in [0.2, 0.25) is 0 Å². The Labute approximate surface area is 130 Å². The van der Waals surface area contributed by atoms with Crippen LogP contribution < -0.4 is 0 Å². The number of ether oxygens (including phenoxy) is 4. The molecule has 1 saturated carbocycles. The van der Waals surface area contributed by atoms with Crippen molar-refractivity contribution in [2.24, 2.45) is 11.8 Å². The maximum absolute atomic E-state index is 12.0. The highest BCUT2D eigenvalue weighted by atomic mass is 16.6. The number of carbonyl (C=O) groups is 2. The van der Waals surface area contributed by atoms with Crippen LogP contribution in [0.3, 0.4) is 0 Å². The van der Waals surface area contributed by atoms with Gasteiger partial charge < -0.3 is 18.9 Å². The molecule has 0 aromatic heterocycles. The summed E-state index contributed by atoms with van der Waals surface area (Å²) in [6.07, 6.45) is 3.13. The molecule has 1 aliphatic carbocycles. The SMILES string of the molecule is COC(=O)C1CC2OC2(CCC2OC2(C)C)CC1C(=O)OC. The fraction of sp³-hybridized carbons (Fsp3) is 0.875. The van der Waals surface area contributed by atoms with Gasteiger partial charge in [0.1, 0.15) is 0 Å². The average Bonchev–Trinajstić information content (AvgIpc) is 3.36. The molecule has 0 bridgehead atoms. The van der Waals surface area contributed by atoms with Gasteiger partial charge in [0.2, 0.25) is 0 Å². The first-order valence-electron chi connectivity index (χ1n) is 7.84. The molecule has 0 radical (unpaired) electrons. The molecule has 0 amide bonds. The van der Waals surface area contributed by atoms with Crippen molar-refractivity contribution in [3.05, 3.63) is 0 Å². The predicted molar refractivity (Wildman–Crippen MR) is 76.0 cm³/mol. The molecule has 3 aliphatic rings. The first-order chi connectivity index (χ1) is 10.3. The smallest absolute Gasteiger partial charge is 0.309 e. The standard InChI is InChI=1S/C16H24O6/c1-15(2)11(21-15)5-6-16-8-10(14(18)20-4)9(13(17)19-3)7-12(16)22-16/h9-12H,5-8H2,1-4H3. The lowest BCUT2D eigenvalue weighted by molar-refractivity contribution is -0.159. The van der Waals surface area contributed by atoms with Crippen molar-refractivity contribution < 1.29 is 28.5 Å². The van der Waals surface area contributed by atoms with E-state index in [1.165, 1.54) is 14.2 Å². The number of fused-ring (bicyclic) bond motifs is 1. The zero-order valence-electron chi connectivity index (χ0n) is 13.6. The second-order valence-corrected chi connectivity index (χ2v) is 7.12. The minimum absolute atomic E-state index is 0.0357. The molecule has 0 N–H and O–H groups in total. The summed E-state index contributed by atoms with van der Waals surface area (Å²) >= 11 is 0. The van der Waals surface area contributed by atoms with Gasteiger partial charge in [0.15, 0.2) is 0 Å². The van der Waals surface area contributed by atoms with Crippen LogP contribution in [-0.2, 0) is 28.5 Å². The van der Waals surface area contributed by atoms with Crippen molar-refractivity contribution in [3.8, 4) is 0 Å². The number of carbonyl (C=O) groups excluding carboxylic acids is 2. The second kappa shape index (κ2) is 5.20. The van der Waals surface area contributed by atoms with E-state index >= 15 is 0 Å². The van der Waals surface area contributed by atoms with E-state index in [9.17, 15) is 9.59 Å². The number of hydrogen-bond donors (Lipinski definition) is 0. The fourth-order valence-corrected chi connectivity index (χ4v) is 3.85. The monoisotopic (exact) mass is 312 g/mol. The Morgan fingerprint density at radius 3 is 2.23 bits per heavy atom. The van der Waals surface area contributed by atoms with Crippen LogP contribution in [0.4, 0.5) is 0 Å². The molecule has 0 aromatic rings. The molecule has 3 fully saturated rings. The predicted octanol–water partition coefficient (Wildman–Crippen LogP) is 1.45. The zero-order chi connectivity index (χ0) is 16.1. The first-order valence-corrected chi connectivity index (χ1v) is 7.84. The molecule has 5 unspecified atom stereocenters. The van der Waals surface area contributed by atoms with Crippen LogP contribution in [0.5, 0.6) is 0 Å². The molecular formula is C16H24O6. The molecule has 3 rings (SSSR count). The Morgan fingerprint density at radius 2 is 1.68 bits per heavy atom. The summed E-state index contributed by atoms with van der Waals surface area (Å²) < 4.78 is 21.2. The summed E-state index contributed by atoms with van der Waals surface area (Å²) in [6.45, 7) is 4.15. The number of hydrogen-bond acceptors (Lipinski definition) is 6. The minimum Gasteiger partial charge on any atom is -0.469 e. The van der Waals surface area contributed by atoms with Gasteiger partial charge in [0.25, 0.3) is 0 Å². The highest BCUT2D eigenvalue weighted by molar-refractivity contribution is 5.82. The van der Waals surface area contributed by atoms with Gasteiger partial charge in [0, 0.05) is 0 Å². The van der Waals surface area contributed by atoms with E-state index in [0.29, 0.717) is 12.8 Å². The van der Waals surface area contributed by atoms with Gasteiger partial charge in [-0.1, -0.05) is 0 Å². The molecule has 2 saturated heterocycles. The summed E-state index contributed by atoms with van der Waals surface area (Å²) in [5.41, 5.74) is -0.322. The van der Waals surface area contributed by atoms with Crippen molar-refractivity contribution in [2.45, 2.75) is 62.9 Å². The number of esters is 2. The lowest BCUT2D eigenvalue weighted by Gasteiger charge is -2.29. The number of rotatable bonds is 5. The molecule has 2 heterocycles. The third kappa shape index (κ3) is 2.63. The largest absolute Gasteiger partial charge is 0.469 e. The third-order valence-corrected chi connectivity index (χ3v) is 5.43. The molecule has 2 aliphatic heterocycles. The van der Waals surface area contributed by atoms with Crippen LogP contribution >= 0.6 is 0 Å². The molecule has 124 valence electrons. The maximum atomic E-state index is 12.0. The third-order valence-electron chi connectivity index (χ3n) is 5.43. The highest BCUT2D eigenvalue weighted by Crippen LogP contribution is 2.56. The van der Waals surface area contributed by atoms with Gasteiger partial charge in [-0.05, 0) is 39.5 Å². The van der Waals surface area contributed by atoms with E-state index in [0.717, 1.165) is 12.8 Å². The summed E-state index contributed by atoms with van der Waals surface area (Å²) in [5, 5.41) is 0. The summed E-state index contributed by atoms with van der Waals surface area (Å²) in [5.74, 6) is -1.66. The van der Waals surface area contributed by atoms with Gasteiger partial charge in [0.05, 0.1) is 49.5 Å². The van der Waals surface area contributed by atoms with E-state index < -0.39 is 11.8 Å². The lowest BCUT2D eigenvalue weighted by atomic mass is 9.72. The Hall–Kier alpha value is -1.14. The Kier molecular flexibility index (Phi) is 3.72. The minimum atomic E-state index is -0.482. The van der Waals surface area contributed by atoms with Crippen molar-refractivity contribution >= 4 is 11.9 Å². The normalized spacial score (nSPS) is 41.3. The summed E-state index contributed by atoms with van der Waals surface area (Å²) in [4.78, 5) is 24.0. The van der Waals surface area contributed by atoms with Crippen molar-refractivity contribution in [1.82, 2.24) is 0 Å². The number of epoxide rings is 2. The average molecular weight is 312 g/mol. The van der Waals surface area contributed by atoms with Gasteiger partial charge >= 0.3 is 11.9 Å². The van der Waals surface area contributed by atoms with Crippen LogP contribution in [0.25, 0.3) is 0 Å². The van der Waals surface area contributed by atoms with Gasteiger partial charge in [-0.25, -0.2) is 0 Å². The van der Waals surface area contributed by atoms with E-state index in [1.807, 2.05) is 0 Å². The topological polar surface area (TPSA) is 77.7 Å². The maximum Gasteiger partial charge on any atom is 0.309 e. The van der Waals surface area contributed by atoms with Gasteiger partial charge in [-0.2, -0.15) is 0 Å². The fourth-order valence-electron chi connectivity index (χ4n) is 3.85. The van der Waals surface area contributed by atoms with Crippen molar-refractivity contribution in [3.63, 3.8) is 0 Å². The van der Waals surface area contributed by atoms with Crippen molar-refractivity contribution in [2.75, 3.05) is 14.2 Å². The molecular weight excluding hydrogens is 288 g/mol. The van der Waals surface area contributed by atoms with E-state index in [4.69, 9.17) is 18.9 Å². The van der Waals surface area contributed by atoms with Crippen LogP contribution in [-0.4, -0.2) is 49.6 Å².